The molecule has 19 heavy (non-hydrogen) atoms. The lowest BCUT2D eigenvalue weighted by Crippen LogP contribution is -3.13. The molecule has 0 saturated carbocycles. The maximum absolute atomic E-state index is 11.5. The zero-order valence-electron chi connectivity index (χ0n) is 12.1. The summed E-state index contributed by atoms with van der Waals surface area (Å²) in [4.78, 5) is 13.1. The average molecular weight is 272 g/mol. The number of piperidine rings is 1. The molecule has 0 amide bonds. The van der Waals surface area contributed by atoms with Gasteiger partial charge in [0.15, 0.2) is 5.79 Å². The van der Waals surface area contributed by atoms with Crippen LogP contribution < -0.4 is 4.90 Å². The molecule has 2 atom stereocenters. The van der Waals surface area contributed by atoms with Crippen LogP contribution >= 0.6 is 0 Å². The number of nitrogens with one attached hydrogen (secondary N) is 1. The molecule has 0 spiro atoms. The fourth-order valence-corrected chi connectivity index (χ4v) is 2.94. The molecule has 0 aromatic rings. The van der Waals surface area contributed by atoms with Crippen molar-refractivity contribution in [1.29, 1.82) is 0 Å². The van der Waals surface area contributed by atoms with Crippen LogP contribution in [0.2, 0.25) is 0 Å². The number of likely N-dealkylation sites (tertiary alicyclic amines) is 1. The highest BCUT2D eigenvalue weighted by Gasteiger charge is 2.41. The van der Waals surface area contributed by atoms with Crippen molar-refractivity contribution in [3.05, 3.63) is 0 Å². The van der Waals surface area contributed by atoms with Crippen molar-refractivity contribution in [3.63, 3.8) is 0 Å². The van der Waals surface area contributed by atoms with Crippen LogP contribution in [-0.4, -0.2) is 50.7 Å². The van der Waals surface area contributed by atoms with E-state index in [2.05, 4.69) is 0 Å². The number of rotatable bonds is 5. The highest BCUT2D eigenvalue weighted by Crippen LogP contribution is 2.26. The lowest BCUT2D eigenvalue weighted by Gasteiger charge is -2.26. The van der Waals surface area contributed by atoms with E-state index in [9.17, 15) is 4.79 Å². The Morgan fingerprint density at radius 2 is 2.11 bits per heavy atom. The Hall–Kier alpha value is -0.650. The summed E-state index contributed by atoms with van der Waals surface area (Å²) in [6.45, 7) is 8.06. The van der Waals surface area contributed by atoms with Crippen molar-refractivity contribution >= 4 is 5.97 Å². The fourth-order valence-electron chi connectivity index (χ4n) is 2.94. The number of carbonyl (C=O) groups is 1. The molecular weight excluding hydrogens is 246 g/mol. The van der Waals surface area contributed by atoms with Gasteiger partial charge in [0.1, 0.15) is 12.6 Å². The van der Waals surface area contributed by atoms with E-state index in [1.54, 1.807) is 11.8 Å². The van der Waals surface area contributed by atoms with E-state index >= 15 is 0 Å². The fraction of sp³-hybridized carbons (Fsp3) is 0.929. The van der Waals surface area contributed by atoms with Crippen LogP contribution in [0.5, 0.6) is 0 Å². The van der Waals surface area contributed by atoms with Gasteiger partial charge in [0.2, 0.25) is 0 Å². The van der Waals surface area contributed by atoms with Gasteiger partial charge in [-0.25, -0.2) is 0 Å². The molecule has 0 aromatic carbocycles. The summed E-state index contributed by atoms with van der Waals surface area (Å²) in [5.41, 5.74) is 0. The van der Waals surface area contributed by atoms with Gasteiger partial charge in [-0.2, -0.15) is 0 Å². The number of quaternary nitrogens is 1. The zero-order chi connectivity index (χ0) is 13.7. The third-order valence-electron chi connectivity index (χ3n) is 3.84. The maximum atomic E-state index is 11.5. The Kier molecular flexibility index (Phi) is 5.19. The number of ether oxygens (including phenoxy) is 3. The van der Waals surface area contributed by atoms with E-state index in [1.807, 2.05) is 6.92 Å². The molecule has 0 aromatic heterocycles. The minimum atomic E-state index is -0.799. The first kappa shape index (κ1) is 14.8. The van der Waals surface area contributed by atoms with Crippen LogP contribution in [0.4, 0.5) is 0 Å². The molecule has 0 unspecified atom stereocenters. The van der Waals surface area contributed by atoms with Crippen molar-refractivity contribution in [3.8, 4) is 0 Å². The van der Waals surface area contributed by atoms with Gasteiger partial charge in [-0.15, -0.1) is 0 Å². The first-order chi connectivity index (χ1) is 9.11. The summed E-state index contributed by atoms with van der Waals surface area (Å²) in [6.07, 6.45) is 4.25. The van der Waals surface area contributed by atoms with E-state index in [0.717, 1.165) is 6.54 Å². The minimum absolute atomic E-state index is 0.104. The van der Waals surface area contributed by atoms with E-state index in [-0.39, 0.29) is 18.5 Å². The molecule has 2 heterocycles. The van der Waals surface area contributed by atoms with Crippen molar-refractivity contribution in [2.75, 3.05) is 32.8 Å². The smallest absolute Gasteiger partial charge is 0.311 e. The quantitative estimate of drug-likeness (QED) is 0.723. The first-order valence-electron chi connectivity index (χ1n) is 7.42. The lowest BCUT2D eigenvalue weighted by atomic mass is 10.1. The molecule has 0 aliphatic carbocycles. The van der Waals surface area contributed by atoms with Crippen molar-refractivity contribution in [1.82, 2.24) is 0 Å². The third kappa shape index (κ3) is 4.44. The highest BCUT2D eigenvalue weighted by atomic mass is 16.7. The second-order valence-electron chi connectivity index (χ2n) is 5.68. The Morgan fingerprint density at radius 1 is 1.37 bits per heavy atom. The zero-order valence-corrected chi connectivity index (χ0v) is 12.1. The summed E-state index contributed by atoms with van der Waals surface area (Å²) in [6, 6.07) is 0. The van der Waals surface area contributed by atoms with Crippen molar-refractivity contribution in [2.45, 2.75) is 51.4 Å². The minimum Gasteiger partial charge on any atom is -0.466 e. The summed E-state index contributed by atoms with van der Waals surface area (Å²) < 4.78 is 16.6. The molecule has 5 nitrogen and oxygen atoms in total. The van der Waals surface area contributed by atoms with Crippen molar-refractivity contribution < 1.29 is 23.9 Å². The van der Waals surface area contributed by atoms with E-state index in [4.69, 9.17) is 14.2 Å². The Balaban J connectivity index is 1.76. The van der Waals surface area contributed by atoms with E-state index in [1.165, 1.54) is 32.4 Å². The molecule has 2 aliphatic heterocycles. The van der Waals surface area contributed by atoms with Gasteiger partial charge in [0.25, 0.3) is 0 Å². The number of hydrogen-bond acceptors (Lipinski definition) is 4. The molecule has 1 N–H and O–H groups in total. The Bertz CT molecular complexity index is 304. The number of carbonyl (C=O) groups excluding carboxylic acids is 1. The molecule has 2 rings (SSSR count). The predicted molar refractivity (Wildman–Crippen MR) is 69.9 cm³/mol. The highest BCUT2D eigenvalue weighted by molar-refractivity contribution is 5.70. The van der Waals surface area contributed by atoms with E-state index < -0.39 is 5.79 Å². The van der Waals surface area contributed by atoms with Gasteiger partial charge < -0.3 is 19.1 Å². The Labute approximate surface area is 115 Å². The average Bonchev–Trinajstić information content (AvgIpc) is 2.72. The van der Waals surface area contributed by atoms with Gasteiger partial charge >= 0.3 is 5.97 Å². The molecule has 2 fully saturated rings. The molecular formula is C14H26NO4+. The standard InChI is InChI=1S/C14H25NO4/c1-3-17-13(16)9-14(2)18-11-12(19-14)10-15-7-5-4-6-8-15/h12H,3-11H2,1-2H3/p+1/t12-,14+/m0/s1. The molecule has 110 valence electrons. The van der Waals surface area contributed by atoms with Gasteiger partial charge in [-0.3, -0.25) is 4.79 Å². The second-order valence-corrected chi connectivity index (χ2v) is 5.68. The van der Waals surface area contributed by atoms with Crippen LogP contribution in [0.3, 0.4) is 0 Å². The number of hydrogen-bond donors (Lipinski definition) is 1. The summed E-state index contributed by atoms with van der Waals surface area (Å²) in [5, 5.41) is 0. The van der Waals surface area contributed by atoms with Gasteiger partial charge in [-0.1, -0.05) is 0 Å². The molecule has 0 radical (unpaired) electrons. The Morgan fingerprint density at radius 3 is 2.79 bits per heavy atom. The number of esters is 1. The van der Waals surface area contributed by atoms with Crippen LogP contribution in [0, 0.1) is 0 Å². The predicted octanol–water partition coefficient (Wildman–Crippen LogP) is 0.140. The van der Waals surface area contributed by atoms with Gasteiger partial charge in [0, 0.05) is 0 Å². The third-order valence-corrected chi connectivity index (χ3v) is 3.84. The largest absolute Gasteiger partial charge is 0.466 e. The van der Waals surface area contributed by atoms with Crippen LogP contribution in [0.15, 0.2) is 0 Å². The molecule has 5 heteroatoms. The molecule has 2 saturated heterocycles. The first-order valence-corrected chi connectivity index (χ1v) is 7.42. The molecule has 0 bridgehead atoms. The SMILES string of the molecule is CCOC(=O)C[C@]1(C)OC[C@H](C[NH+]2CCCCC2)O1. The summed E-state index contributed by atoms with van der Waals surface area (Å²) in [7, 11) is 0. The maximum Gasteiger partial charge on any atom is 0.311 e. The monoisotopic (exact) mass is 272 g/mol. The lowest BCUT2D eigenvalue weighted by molar-refractivity contribution is -0.907. The molecule has 2 aliphatic rings. The summed E-state index contributed by atoms with van der Waals surface area (Å²) in [5.74, 6) is -1.05. The van der Waals surface area contributed by atoms with Crippen LogP contribution in [0.25, 0.3) is 0 Å². The van der Waals surface area contributed by atoms with E-state index in [0.29, 0.717) is 13.2 Å². The topological polar surface area (TPSA) is 49.2 Å². The normalized spacial score (nSPS) is 32.4. The van der Waals surface area contributed by atoms with Crippen LogP contribution in [0.1, 0.15) is 39.5 Å². The van der Waals surface area contributed by atoms with Crippen molar-refractivity contribution in [2.24, 2.45) is 0 Å². The van der Waals surface area contributed by atoms with Gasteiger partial charge in [0.05, 0.1) is 32.7 Å². The van der Waals surface area contributed by atoms with Crippen LogP contribution in [-0.2, 0) is 19.0 Å². The second kappa shape index (κ2) is 6.68. The summed E-state index contributed by atoms with van der Waals surface area (Å²) >= 11 is 0. The van der Waals surface area contributed by atoms with Gasteiger partial charge in [-0.05, 0) is 33.1 Å².